The van der Waals surface area contributed by atoms with Crippen LogP contribution in [-0.2, 0) is 4.79 Å². The molecule has 0 aromatic heterocycles. The fraction of sp³-hybridized carbons (Fsp3) is 0.333. The molecule has 2 amide bonds. The highest BCUT2D eigenvalue weighted by atomic mass is 35.5. The van der Waals surface area contributed by atoms with Crippen molar-refractivity contribution in [2.75, 3.05) is 17.2 Å². The SMILES string of the molecule is O=C(CNc1ccc(C(=O)NC2CCCCC2)cc1)Nc1ccc(F)c(Cl)c1. The van der Waals surface area contributed by atoms with E-state index in [0.717, 1.165) is 18.5 Å². The van der Waals surface area contributed by atoms with Gasteiger partial charge in [0, 0.05) is 23.0 Å². The number of carbonyl (C=O) groups is 2. The van der Waals surface area contributed by atoms with Gasteiger partial charge in [0.05, 0.1) is 11.6 Å². The zero-order chi connectivity index (χ0) is 19.9. The lowest BCUT2D eigenvalue weighted by molar-refractivity contribution is -0.114. The van der Waals surface area contributed by atoms with E-state index in [0.29, 0.717) is 11.3 Å². The van der Waals surface area contributed by atoms with Gasteiger partial charge < -0.3 is 16.0 Å². The van der Waals surface area contributed by atoms with Gasteiger partial charge in [-0.2, -0.15) is 0 Å². The van der Waals surface area contributed by atoms with Gasteiger partial charge in [0.25, 0.3) is 5.91 Å². The smallest absolute Gasteiger partial charge is 0.251 e. The maximum absolute atomic E-state index is 13.1. The van der Waals surface area contributed by atoms with Crippen molar-refractivity contribution in [3.8, 4) is 0 Å². The zero-order valence-electron chi connectivity index (χ0n) is 15.4. The minimum atomic E-state index is -0.537. The molecule has 1 fully saturated rings. The summed E-state index contributed by atoms with van der Waals surface area (Å²) in [5.74, 6) is -0.892. The van der Waals surface area contributed by atoms with Crippen molar-refractivity contribution in [1.82, 2.24) is 5.32 Å². The maximum atomic E-state index is 13.1. The molecule has 0 heterocycles. The van der Waals surface area contributed by atoms with Crippen LogP contribution in [-0.4, -0.2) is 24.4 Å². The van der Waals surface area contributed by atoms with E-state index in [1.54, 1.807) is 24.3 Å². The van der Waals surface area contributed by atoms with Crippen molar-refractivity contribution in [1.29, 1.82) is 0 Å². The third-order valence-corrected chi connectivity index (χ3v) is 5.03. The van der Waals surface area contributed by atoms with Crippen LogP contribution < -0.4 is 16.0 Å². The van der Waals surface area contributed by atoms with E-state index in [1.165, 1.54) is 37.5 Å². The average Bonchev–Trinajstić information content (AvgIpc) is 2.70. The van der Waals surface area contributed by atoms with Gasteiger partial charge in [-0.05, 0) is 55.3 Å². The van der Waals surface area contributed by atoms with Crippen LogP contribution in [0.3, 0.4) is 0 Å². The molecule has 0 saturated heterocycles. The second-order valence-electron chi connectivity index (χ2n) is 6.92. The molecular formula is C21H23ClFN3O2. The molecule has 1 aliphatic rings. The van der Waals surface area contributed by atoms with Crippen molar-refractivity contribution in [2.24, 2.45) is 0 Å². The summed E-state index contributed by atoms with van der Waals surface area (Å²) in [5.41, 5.74) is 1.75. The standard InChI is InChI=1S/C21H23ClFN3O2/c22-18-12-17(10-11-19(18)23)25-20(27)13-24-15-8-6-14(7-9-15)21(28)26-16-4-2-1-3-5-16/h6-12,16,24H,1-5,13H2,(H,25,27)(H,26,28). The first kappa shape index (κ1) is 20.1. The van der Waals surface area contributed by atoms with Crippen LogP contribution in [0.4, 0.5) is 15.8 Å². The van der Waals surface area contributed by atoms with Crippen molar-refractivity contribution in [2.45, 2.75) is 38.1 Å². The van der Waals surface area contributed by atoms with Crippen molar-refractivity contribution >= 4 is 34.8 Å². The number of halogens is 2. The number of benzene rings is 2. The number of hydrogen-bond acceptors (Lipinski definition) is 3. The van der Waals surface area contributed by atoms with Crippen LogP contribution in [0.2, 0.25) is 5.02 Å². The van der Waals surface area contributed by atoms with Gasteiger partial charge >= 0.3 is 0 Å². The second kappa shape index (κ2) is 9.55. The van der Waals surface area contributed by atoms with Crippen LogP contribution >= 0.6 is 11.6 Å². The highest BCUT2D eigenvalue weighted by molar-refractivity contribution is 6.31. The molecule has 0 radical (unpaired) electrons. The zero-order valence-corrected chi connectivity index (χ0v) is 16.2. The third-order valence-electron chi connectivity index (χ3n) is 4.74. The first-order valence-corrected chi connectivity index (χ1v) is 9.79. The molecule has 0 atom stereocenters. The molecule has 0 spiro atoms. The molecule has 5 nitrogen and oxygen atoms in total. The van der Waals surface area contributed by atoms with Gasteiger partial charge in [-0.1, -0.05) is 30.9 Å². The maximum Gasteiger partial charge on any atom is 0.251 e. The Morgan fingerprint density at radius 1 is 1.00 bits per heavy atom. The van der Waals surface area contributed by atoms with Crippen LogP contribution in [0.1, 0.15) is 42.5 Å². The average molecular weight is 404 g/mol. The molecule has 2 aromatic rings. The predicted molar refractivity (Wildman–Crippen MR) is 109 cm³/mol. The summed E-state index contributed by atoms with van der Waals surface area (Å²) >= 11 is 5.70. The molecular weight excluding hydrogens is 381 g/mol. The van der Waals surface area contributed by atoms with E-state index in [4.69, 9.17) is 11.6 Å². The van der Waals surface area contributed by atoms with Crippen LogP contribution in [0.15, 0.2) is 42.5 Å². The highest BCUT2D eigenvalue weighted by Gasteiger charge is 2.16. The molecule has 148 valence electrons. The fourth-order valence-corrected chi connectivity index (χ4v) is 3.40. The highest BCUT2D eigenvalue weighted by Crippen LogP contribution is 2.20. The van der Waals surface area contributed by atoms with Crippen LogP contribution in [0.25, 0.3) is 0 Å². The number of hydrogen-bond donors (Lipinski definition) is 3. The number of rotatable bonds is 6. The lowest BCUT2D eigenvalue weighted by Crippen LogP contribution is -2.36. The Morgan fingerprint density at radius 2 is 1.68 bits per heavy atom. The molecule has 28 heavy (non-hydrogen) atoms. The molecule has 1 aliphatic carbocycles. The summed E-state index contributed by atoms with van der Waals surface area (Å²) in [7, 11) is 0. The van der Waals surface area contributed by atoms with Gasteiger partial charge in [-0.25, -0.2) is 4.39 Å². The Kier molecular flexibility index (Phi) is 6.87. The van der Waals surface area contributed by atoms with E-state index in [2.05, 4.69) is 16.0 Å². The molecule has 2 aromatic carbocycles. The number of amides is 2. The quantitative estimate of drug-likeness (QED) is 0.660. The van der Waals surface area contributed by atoms with E-state index in [9.17, 15) is 14.0 Å². The van der Waals surface area contributed by atoms with Gasteiger partial charge in [-0.15, -0.1) is 0 Å². The summed E-state index contributed by atoms with van der Waals surface area (Å²) < 4.78 is 13.1. The number of anilines is 2. The molecule has 0 bridgehead atoms. The van der Waals surface area contributed by atoms with Gasteiger partial charge in [0.15, 0.2) is 0 Å². The first-order chi connectivity index (χ1) is 13.5. The molecule has 3 N–H and O–H groups in total. The van der Waals surface area contributed by atoms with Crippen LogP contribution in [0, 0.1) is 5.82 Å². The fourth-order valence-electron chi connectivity index (χ4n) is 3.22. The Morgan fingerprint density at radius 3 is 2.36 bits per heavy atom. The first-order valence-electron chi connectivity index (χ1n) is 9.41. The summed E-state index contributed by atoms with van der Waals surface area (Å²) in [6.07, 6.45) is 5.66. The van der Waals surface area contributed by atoms with E-state index >= 15 is 0 Å². The monoisotopic (exact) mass is 403 g/mol. The summed E-state index contributed by atoms with van der Waals surface area (Å²) in [6.45, 7) is 0.0304. The molecule has 3 rings (SSSR count). The van der Waals surface area contributed by atoms with Crippen LogP contribution in [0.5, 0.6) is 0 Å². The summed E-state index contributed by atoms with van der Waals surface area (Å²) in [5, 5.41) is 8.66. The normalized spacial score (nSPS) is 14.4. The lowest BCUT2D eigenvalue weighted by atomic mass is 9.95. The van der Waals surface area contributed by atoms with E-state index in [-0.39, 0.29) is 29.4 Å². The third kappa shape index (κ3) is 5.70. The predicted octanol–water partition coefficient (Wildman–Crippen LogP) is 4.59. The van der Waals surface area contributed by atoms with E-state index in [1.807, 2.05) is 0 Å². The Hall–Kier alpha value is -2.60. The number of carbonyl (C=O) groups excluding carboxylic acids is 2. The largest absolute Gasteiger partial charge is 0.376 e. The topological polar surface area (TPSA) is 70.2 Å². The minimum Gasteiger partial charge on any atom is -0.376 e. The van der Waals surface area contributed by atoms with Gasteiger partial charge in [-0.3, -0.25) is 9.59 Å². The van der Waals surface area contributed by atoms with Gasteiger partial charge in [0.2, 0.25) is 5.91 Å². The Bertz CT molecular complexity index is 836. The molecule has 1 saturated carbocycles. The minimum absolute atomic E-state index is 0.0304. The summed E-state index contributed by atoms with van der Waals surface area (Å²) in [6, 6.07) is 11.3. The van der Waals surface area contributed by atoms with E-state index < -0.39 is 5.82 Å². The van der Waals surface area contributed by atoms with Crippen molar-refractivity contribution in [3.05, 3.63) is 58.9 Å². The second-order valence-corrected chi connectivity index (χ2v) is 7.32. The van der Waals surface area contributed by atoms with Crippen molar-refractivity contribution < 1.29 is 14.0 Å². The lowest BCUT2D eigenvalue weighted by Gasteiger charge is -2.22. The number of nitrogens with one attached hydrogen (secondary N) is 3. The van der Waals surface area contributed by atoms with Gasteiger partial charge in [0.1, 0.15) is 5.82 Å². The van der Waals surface area contributed by atoms with Crippen molar-refractivity contribution in [3.63, 3.8) is 0 Å². The Balaban J connectivity index is 1.47. The summed E-state index contributed by atoms with van der Waals surface area (Å²) in [4.78, 5) is 24.3. The Labute approximate surface area is 168 Å². The molecule has 7 heteroatoms. The molecule has 0 unspecified atom stereocenters. The molecule has 0 aliphatic heterocycles.